The van der Waals surface area contributed by atoms with Gasteiger partial charge in [0, 0.05) is 33.2 Å². The molecule has 8 nitrogen and oxygen atoms in total. The molecule has 2 saturated heterocycles. The molecule has 0 radical (unpaired) electrons. The van der Waals surface area contributed by atoms with Gasteiger partial charge in [-0.2, -0.15) is 0 Å². The van der Waals surface area contributed by atoms with E-state index in [4.69, 9.17) is 0 Å². The van der Waals surface area contributed by atoms with Gasteiger partial charge in [-0.25, -0.2) is 9.78 Å². The minimum atomic E-state index is -0.336. The van der Waals surface area contributed by atoms with Crippen molar-refractivity contribution in [2.24, 2.45) is 14.1 Å². The number of aryl methyl sites for hydroxylation is 1. The quantitative estimate of drug-likeness (QED) is 0.767. The predicted molar refractivity (Wildman–Crippen MR) is 100 cm³/mol. The molecule has 0 N–H and O–H groups in total. The van der Waals surface area contributed by atoms with Gasteiger partial charge in [0.05, 0.1) is 6.33 Å². The molecule has 2 aliphatic rings. The molecular weight excluding hydrogens is 332 g/mol. The van der Waals surface area contributed by atoms with Crippen LogP contribution in [-0.2, 0) is 20.6 Å². The Morgan fingerprint density at radius 1 is 1.00 bits per heavy atom. The lowest BCUT2D eigenvalue weighted by molar-refractivity contribution is 0.124. The van der Waals surface area contributed by atoms with Gasteiger partial charge in [0.2, 0.25) is 0 Å². The van der Waals surface area contributed by atoms with Crippen LogP contribution in [0.15, 0.2) is 15.9 Å². The highest BCUT2D eigenvalue weighted by atomic mass is 16.2. The first-order chi connectivity index (χ1) is 12.6. The number of piperidine rings is 1. The number of imidazole rings is 1. The molecule has 0 bridgehead atoms. The molecule has 0 aromatic carbocycles. The van der Waals surface area contributed by atoms with E-state index in [9.17, 15) is 9.59 Å². The number of likely N-dealkylation sites (tertiary alicyclic amines) is 2. The molecule has 0 amide bonds. The zero-order valence-electron chi connectivity index (χ0n) is 15.7. The molecule has 0 unspecified atom stereocenters. The summed E-state index contributed by atoms with van der Waals surface area (Å²) in [5.41, 5.74) is 0.373. The maximum absolute atomic E-state index is 12.5. The topological polar surface area (TPSA) is 68.3 Å². The van der Waals surface area contributed by atoms with Crippen molar-refractivity contribution in [2.75, 3.05) is 32.7 Å². The van der Waals surface area contributed by atoms with Gasteiger partial charge in [0.1, 0.15) is 0 Å². The van der Waals surface area contributed by atoms with Crippen LogP contribution in [0, 0.1) is 0 Å². The third-order valence-electron chi connectivity index (χ3n) is 6.09. The first kappa shape index (κ1) is 17.5. The van der Waals surface area contributed by atoms with Gasteiger partial charge in [0.15, 0.2) is 11.2 Å². The Balaban J connectivity index is 1.43. The molecule has 2 aromatic heterocycles. The van der Waals surface area contributed by atoms with Crippen molar-refractivity contribution in [2.45, 2.75) is 38.3 Å². The molecule has 0 saturated carbocycles. The number of hydrogen-bond donors (Lipinski definition) is 0. The Bertz CT molecular complexity index is 897. The fourth-order valence-corrected chi connectivity index (χ4v) is 4.43. The first-order valence-electron chi connectivity index (χ1n) is 9.63. The summed E-state index contributed by atoms with van der Waals surface area (Å²) in [6.45, 7) is 6.40. The van der Waals surface area contributed by atoms with Crippen molar-refractivity contribution in [3.63, 3.8) is 0 Å². The van der Waals surface area contributed by atoms with E-state index >= 15 is 0 Å². The molecule has 4 rings (SSSR count). The van der Waals surface area contributed by atoms with Gasteiger partial charge in [-0.15, -0.1) is 0 Å². The van der Waals surface area contributed by atoms with Crippen LogP contribution in [0.2, 0.25) is 0 Å². The van der Waals surface area contributed by atoms with E-state index in [1.165, 1.54) is 50.4 Å². The average molecular weight is 360 g/mol. The summed E-state index contributed by atoms with van der Waals surface area (Å²) < 4.78 is 4.49. The summed E-state index contributed by atoms with van der Waals surface area (Å²) in [5, 5.41) is 0. The molecule has 26 heavy (non-hydrogen) atoms. The summed E-state index contributed by atoms with van der Waals surface area (Å²) in [5.74, 6) is 0. The number of fused-ring (bicyclic) bond motifs is 1. The largest absolute Gasteiger partial charge is 0.332 e. The molecule has 0 aliphatic carbocycles. The van der Waals surface area contributed by atoms with Crippen molar-refractivity contribution < 1.29 is 0 Å². The second-order valence-corrected chi connectivity index (χ2v) is 7.63. The fraction of sp³-hybridized carbons (Fsp3) is 0.722. The Morgan fingerprint density at radius 3 is 2.38 bits per heavy atom. The third kappa shape index (κ3) is 3.01. The number of hydrogen-bond acceptors (Lipinski definition) is 5. The van der Waals surface area contributed by atoms with Gasteiger partial charge < -0.3 is 14.4 Å². The van der Waals surface area contributed by atoms with E-state index in [-0.39, 0.29) is 11.2 Å². The monoisotopic (exact) mass is 360 g/mol. The molecule has 142 valence electrons. The Kier molecular flexibility index (Phi) is 4.71. The van der Waals surface area contributed by atoms with Gasteiger partial charge in [-0.1, -0.05) is 0 Å². The van der Waals surface area contributed by atoms with Crippen LogP contribution in [0.1, 0.15) is 25.7 Å². The molecule has 0 spiro atoms. The number of aromatic nitrogens is 4. The lowest BCUT2D eigenvalue weighted by atomic mass is 10.0. The maximum atomic E-state index is 12.5. The zero-order chi connectivity index (χ0) is 18.3. The third-order valence-corrected chi connectivity index (χ3v) is 6.09. The highest BCUT2D eigenvalue weighted by Gasteiger charge is 2.26. The van der Waals surface area contributed by atoms with E-state index < -0.39 is 0 Å². The highest BCUT2D eigenvalue weighted by Crippen LogP contribution is 2.21. The molecule has 8 heteroatoms. The van der Waals surface area contributed by atoms with Crippen molar-refractivity contribution in [1.82, 2.24) is 28.5 Å². The Morgan fingerprint density at radius 2 is 1.69 bits per heavy atom. The molecule has 2 fully saturated rings. The van der Waals surface area contributed by atoms with Crippen LogP contribution in [0.5, 0.6) is 0 Å². The molecular formula is C18H28N6O2. The summed E-state index contributed by atoms with van der Waals surface area (Å²) in [4.78, 5) is 33.9. The Labute approximate surface area is 152 Å². The standard InChI is InChI=1S/C18H28N6O2/c1-20-16-15(17(25)21(2)18(20)26)24(13-19-16)12-11-22-9-5-14(6-10-22)23-7-3-4-8-23/h13-14H,3-12H2,1-2H3. The smallest absolute Gasteiger partial charge is 0.323 e. The van der Waals surface area contributed by atoms with E-state index in [1.54, 1.807) is 13.4 Å². The molecule has 2 aromatic rings. The van der Waals surface area contributed by atoms with E-state index in [2.05, 4.69) is 14.8 Å². The second kappa shape index (κ2) is 7.00. The van der Waals surface area contributed by atoms with Gasteiger partial charge in [-0.05, 0) is 51.9 Å². The second-order valence-electron chi connectivity index (χ2n) is 7.63. The van der Waals surface area contributed by atoms with Crippen molar-refractivity contribution >= 4 is 11.2 Å². The van der Waals surface area contributed by atoms with Crippen molar-refractivity contribution in [3.05, 3.63) is 27.2 Å². The average Bonchev–Trinajstić information content (AvgIpc) is 3.33. The normalized spacial score (nSPS) is 20.4. The molecule has 4 heterocycles. The highest BCUT2D eigenvalue weighted by molar-refractivity contribution is 5.69. The molecule has 2 aliphatic heterocycles. The maximum Gasteiger partial charge on any atom is 0.332 e. The van der Waals surface area contributed by atoms with Crippen LogP contribution < -0.4 is 11.2 Å². The van der Waals surface area contributed by atoms with Crippen LogP contribution in [0.3, 0.4) is 0 Å². The minimum absolute atomic E-state index is 0.270. The zero-order valence-corrected chi connectivity index (χ0v) is 15.7. The summed E-state index contributed by atoms with van der Waals surface area (Å²) >= 11 is 0. The van der Waals surface area contributed by atoms with Gasteiger partial charge in [-0.3, -0.25) is 13.9 Å². The van der Waals surface area contributed by atoms with Crippen LogP contribution in [0.4, 0.5) is 0 Å². The van der Waals surface area contributed by atoms with Crippen molar-refractivity contribution in [1.29, 1.82) is 0 Å². The summed E-state index contributed by atoms with van der Waals surface area (Å²) in [6, 6.07) is 0.754. The molecule has 0 atom stereocenters. The van der Waals surface area contributed by atoms with Crippen LogP contribution in [0.25, 0.3) is 11.2 Å². The number of nitrogens with zero attached hydrogens (tertiary/aromatic N) is 6. The van der Waals surface area contributed by atoms with Crippen molar-refractivity contribution in [3.8, 4) is 0 Å². The van der Waals surface area contributed by atoms with E-state index in [0.29, 0.717) is 11.2 Å². The SMILES string of the molecule is Cn1c(=O)c2c(ncn2CCN2CCC(N3CCCC3)CC2)n(C)c1=O. The lowest BCUT2D eigenvalue weighted by Gasteiger charge is -2.36. The lowest BCUT2D eigenvalue weighted by Crippen LogP contribution is -2.44. The summed E-state index contributed by atoms with van der Waals surface area (Å²) in [7, 11) is 3.18. The van der Waals surface area contributed by atoms with E-state index in [1.807, 2.05) is 4.57 Å². The van der Waals surface area contributed by atoms with Crippen LogP contribution >= 0.6 is 0 Å². The first-order valence-corrected chi connectivity index (χ1v) is 9.63. The number of rotatable bonds is 4. The van der Waals surface area contributed by atoms with Gasteiger partial charge >= 0.3 is 5.69 Å². The fourth-order valence-electron chi connectivity index (χ4n) is 4.43. The Hall–Kier alpha value is -1.93. The van der Waals surface area contributed by atoms with Gasteiger partial charge in [0.25, 0.3) is 5.56 Å². The minimum Gasteiger partial charge on any atom is -0.323 e. The summed E-state index contributed by atoms with van der Waals surface area (Å²) in [6.07, 6.45) is 6.86. The predicted octanol–water partition coefficient (Wildman–Crippen LogP) is -0.00610. The van der Waals surface area contributed by atoms with E-state index in [0.717, 1.165) is 36.8 Å². The van der Waals surface area contributed by atoms with Crippen LogP contribution in [-0.4, -0.2) is 67.3 Å².